The lowest BCUT2D eigenvalue weighted by Crippen LogP contribution is -2.14. The minimum atomic E-state index is -0.305. The van der Waals surface area contributed by atoms with Crippen LogP contribution in [0.3, 0.4) is 0 Å². The molecule has 0 spiro atoms. The second-order valence-electron chi connectivity index (χ2n) is 7.10. The van der Waals surface area contributed by atoms with Gasteiger partial charge in [-0.25, -0.2) is 4.98 Å². The SMILES string of the molecule is COc1ccc([C@H](Nc2cc(C)ccn2)c2ccc3cccnc3c2O)cc1C. The van der Waals surface area contributed by atoms with Crippen LogP contribution in [-0.2, 0) is 0 Å². The smallest absolute Gasteiger partial charge is 0.147 e. The Hall–Kier alpha value is -3.60. The van der Waals surface area contributed by atoms with E-state index in [1.807, 2.05) is 62.4 Å². The van der Waals surface area contributed by atoms with Crippen molar-refractivity contribution < 1.29 is 9.84 Å². The van der Waals surface area contributed by atoms with Crippen LogP contribution in [0.4, 0.5) is 5.82 Å². The highest BCUT2D eigenvalue weighted by molar-refractivity contribution is 5.86. The third-order valence-corrected chi connectivity index (χ3v) is 5.05. The normalized spacial score (nSPS) is 12.0. The summed E-state index contributed by atoms with van der Waals surface area (Å²) in [6, 6.07) is 17.4. The standard InChI is InChI=1S/C24H23N3O2/c1-15-10-12-25-21(13-15)27-22(18-7-9-20(29-3)16(2)14-18)19-8-6-17-5-4-11-26-23(17)24(19)28/h4-14,22,28H,1-3H3,(H,25,27)/t22-/m0/s1. The highest BCUT2D eigenvalue weighted by Gasteiger charge is 2.21. The molecule has 0 bridgehead atoms. The van der Waals surface area contributed by atoms with E-state index in [1.54, 1.807) is 19.5 Å². The van der Waals surface area contributed by atoms with E-state index in [9.17, 15) is 5.11 Å². The summed E-state index contributed by atoms with van der Waals surface area (Å²) in [7, 11) is 1.66. The predicted molar refractivity (Wildman–Crippen MR) is 116 cm³/mol. The molecule has 2 aromatic heterocycles. The number of hydrogen-bond acceptors (Lipinski definition) is 5. The molecule has 2 N–H and O–H groups in total. The van der Waals surface area contributed by atoms with Crippen LogP contribution in [0.2, 0.25) is 0 Å². The molecular weight excluding hydrogens is 362 g/mol. The molecular formula is C24H23N3O2. The van der Waals surface area contributed by atoms with E-state index in [1.165, 1.54) is 0 Å². The topological polar surface area (TPSA) is 67.3 Å². The molecule has 0 fully saturated rings. The number of phenols is 1. The highest BCUT2D eigenvalue weighted by atomic mass is 16.5. The zero-order chi connectivity index (χ0) is 20.4. The molecule has 0 aliphatic carbocycles. The summed E-state index contributed by atoms with van der Waals surface area (Å²) in [6.07, 6.45) is 3.46. The zero-order valence-electron chi connectivity index (χ0n) is 16.7. The Balaban J connectivity index is 1.86. The summed E-state index contributed by atoms with van der Waals surface area (Å²) >= 11 is 0. The summed E-state index contributed by atoms with van der Waals surface area (Å²) in [4.78, 5) is 8.82. The molecule has 4 aromatic rings. The van der Waals surface area contributed by atoms with E-state index in [0.29, 0.717) is 5.52 Å². The fourth-order valence-corrected chi connectivity index (χ4v) is 3.56. The monoisotopic (exact) mass is 385 g/mol. The molecule has 29 heavy (non-hydrogen) atoms. The molecule has 2 aromatic carbocycles. The van der Waals surface area contributed by atoms with Gasteiger partial charge in [0, 0.05) is 23.3 Å². The largest absolute Gasteiger partial charge is 0.505 e. The average Bonchev–Trinajstić information content (AvgIpc) is 2.73. The van der Waals surface area contributed by atoms with E-state index in [-0.39, 0.29) is 11.8 Å². The second-order valence-corrected chi connectivity index (χ2v) is 7.10. The Morgan fingerprint density at radius 2 is 1.83 bits per heavy atom. The molecule has 0 unspecified atom stereocenters. The lowest BCUT2D eigenvalue weighted by atomic mass is 9.95. The quantitative estimate of drug-likeness (QED) is 0.496. The van der Waals surface area contributed by atoms with Crippen LogP contribution in [0.15, 0.2) is 67.0 Å². The number of nitrogens with one attached hydrogen (secondary N) is 1. The van der Waals surface area contributed by atoms with Crippen molar-refractivity contribution >= 4 is 16.7 Å². The number of anilines is 1. The van der Waals surface area contributed by atoms with Gasteiger partial charge in [0.2, 0.25) is 0 Å². The lowest BCUT2D eigenvalue weighted by Gasteiger charge is -2.23. The first-order valence-corrected chi connectivity index (χ1v) is 9.47. The van der Waals surface area contributed by atoms with E-state index >= 15 is 0 Å². The van der Waals surface area contributed by atoms with Crippen molar-refractivity contribution in [2.45, 2.75) is 19.9 Å². The van der Waals surface area contributed by atoms with Crippen LogP contribution in [0.25, 0.3) is 10.9 Å². The number of aromatic nitrogens is 2. The molecule has 0 aliphatic rings. The molecule has 5 heteroatoms. The summed E-state index contributed by atoms with van der Waals surface area (Å²) in [5.41, 5.74) is 4.45. The first-order valence-electron chi connectivity index (χ1n) is 9.47. The number of phenolic OH excluding ortho intramolecular Hbond substituents is 1. The van der Waals surface area contributed by atoms with Crippen molar-refractivity contribution in [2.75, 3.05) is 12.4 Å². The minimum Gasteiger partial charge on any atom is -0.505 e. The Bertz CT molecular complexity index is 1170. The van der Waals surface area contributed by atoms with Gasteiger partial charge in [0.15, 0.2) is 0 Å². The number of fused-ring (bicyclic) bond motifs is 1. The van der Waals surface area contributed by atoms with Crippen molar-refractivity contribution in [2.24, 2.45) is 0 Å². The van der Waals surface area contributed by atoms with Crippen molar-refractivity contribution in [3.8, 4) is 11.5 Å². The van der Waals surface area contributed by atoms with Gasteiger partial charge >= 0.3 is 0 Å². The van der Waals surface area contributed by atoms with Crippen LogP contribution in [0.5, 0.6) is 11.5 Å². The number of methoxy groups -OCH3 is 1. The van der Waals surface area contributed by atoms with Crippen LogP contribution in [0, 0.1) is 13.8 Å². The molecule has 0 aliphatic heterocycles. The summed E-state index contributed by atoms with van der Waals surface area (Å²) in [5.74, 6) is 1.73. The second kappa shape index (κ2) is 7.80. The molecule has 4 rings (SSSR count). The molecule has 146 valence electrons. The molecule has 0 saturated carbocycles. The maximum absolute atomic E-state index is 11.0. The number of aromatic hydroxyl groups is 1. The number of pyridine rings is 2. The number of nitrogens with zero attached hydrogens (tertiary/aromatic N) is 2. The van der Waals surface area contributed by atoms with Crippen molar-refractivity contribution in [3.63, 3.8) is 0 Å². The Morgan fingerprint density at radius 3 is 2.59 bits per heavy atom. The van der Waals surface area contributed by atoms with Gasteiger partial charge in [0.25, 0.3) is 0 Å². The predicted octanol–water partition coefficient (Wildman–Crippen LogP) is 5.16. The van der Waals surface area contributed by atoms with Crippen molar-refractivity contribution in [1.29, 1.82) is 0 Å². The minimum absolute atomic E-state index is 0.168. The van der Waals surface area contributed by atoms with Gasteiger partial charge in [0.1, 0.15) is 22.8 Å². The van der Waals surface area contributed by atoms with E-state index in [4.69, 9.17) is 4.74 Å². The van der Waals surface area contributed by atoms with Gasteiger partial charge in [-0.1, -0.05) is 24.3 Å². The summed E-state index contributed by atoms with van der Waals surface area (Å²) < 4.78 is 5.41. The number of ether oxygens (including phenoxy) is 1. The van der Waals surface area contributed by atoms with Gasteiger partial charge in [0.05, 0.1) is 13.2 Å². The lowest BCUT2D eigenvalue weighted by molar-refractivity contribution is 0.411. The van der Waals surface area contributed by atoms with Gasteiger partial charge in [-0.15, -0.1) is 0 Å². The Labute approximate surface area is 170 Å². The number of benzene rings is 2. The van der Waals surface area contributed by atoms with Crippen molar-refractivity contribution in [1.82, 2.24) is 9.97 Å². The molecule has 0 saturated heterocycles. The number of rotatable bonds is 5. The van der Waals surface area contributed by atoms with E-state index in [0.717, 1.165) is 39.2 Å². The van der Waals surface area contributed by atoms with Gasteiger partial charge < -0.3 is 15.2 Å². The molecule has 0 amide bonds. The molecule has 0 radical (unpaired) electrons. The molecule has 2 heterocycles. The van der Waals surface area contributed by atoms with Crippen LogP contribution in [0.1, 0.15) is 28.3 Å². The van der Waals surface area contributed by atoms with Gasteiger partial charge in [-0.3, -0.25) is 4.98 Å². The third kappa shape index (κ3) is 3.72. The van der Waals surface area contributed by atoms with E-state index < -0.39 is 0 Å². The van der Waals surface area contributed by atoms with Crippen LogP contribution in [-0.4, -0.2) is 22.2 Å². The molecule has 5 nitrogen and oxygen atoms in total. The van der Waals surface area contributed by atoms with Crippen LogP contribution < -0.4 is 10.1 Å². The summed E-state index contributed by atoms with van der Waals surface area (Å²) in [5, 5.41) is 15.4. The third-order valence-electron chi connectivity index (χ3n) is 5.05. The number of hydrogen-bond donors (Lipinski definition) is 2. The first-order chi connectivity index (χ1) is 14.1. The number of aryl methyl sites for hydroxylation is 2. The molecule has 1 atom stereocenters. The van der Waals surface area contributed by atoms with Gasteiger partial charge in [-0.2, -0.15) is 0 Å². The summed E-state index contributed by atoms with van der Waals surface area (Å²) in [6.45, 7) is 4.03. The zero-order valence-corrected chi connectivity index (χ0v) is 16.7. The van der Waals surface area contributed by atoms with Crippen molar-refractivity contribution in [3.05, 3.63) is 89.2 Å². The average molecular weight is 385 g/mol. The first kappa shape index (κ1) is 18.7. The fourth-order valence-electron chi connectivity index (χ4n) is 3.56. The van der Waals surface area contributed by atoms with E-state index in [2.05, 4.69) is 21.4 Å². The van der Waals surface area contributed by atoms with Crippen LogP contribution >= 0.6 is 0 Å². The fraction of sp³-hybridized carbons (Fsp3) is 0.167. The maximum atomic E-state index is 11.0. The Morgan fingerprint density at radius 1 is 0.966 bits per heavy atom. The van der Waals surface area contributed by atoms with Gasteiger partial charge in [-0.05, 0) is 60.9 Å². The maximum Gasteiger partial charge on any atom is 0.147 e. The highest BCUT2D eigenvalue weighted by Crippen LogP contribution is 2.37. The Kier molecular flexibility index (Phi) is 5.04.